The third kappa shape index (κ3) is 3.71. The van der Waals surface area contributed by atoms with E-state index in [4.69, 9.17) is 5.73 Å². The number of nitrogens with two attached hydrogens (primary N) is 1. The van der Waals surface area contributed by atoms with Crippen LogP contribution in [0.1, 0.15) is 5.56 Å². The zero-order valence-corrected chi connectivity index (χ0v) is 12.8. The quantitative estimate of drug-likeness (QED) is 0.818. The highest BCUT2D eigenvalue weighted by Crippen LogP contribution is 2.14. The zero-order chi connectivity index (χ0) is 15.5. The van der Waals surface area contributed by atoms with Crippen molar-refractivity contribution in [3.05, 3.63) is 48.2 Å². The third-order valence-electron chi connectivity index (χ3n) is 2.97. The molecule has 1 aromatic carbocycles. The number of aromatic nitrogens is 1. The molecule has 3 N–H and O–H groups in total. The van der Waals surface area contributed by atoms with Crippen LogP contribution in [0.25, 0.3) is 0 Å². The molecular weight excluding hydrogens is 288 g/mol. The smallest absolute Gasteiger partial charge is 0.244 e. The maximum Gasteiger partial charge on any atom is 0.244 e. The Hall–Kier alpha value is -2.12. The lowest BCUT2D eigenvalue weighted by atomic mass is 10.2. The van der Waals surface area contributed by atoms with Gasteiger partial charge >= 0.3 is 0 Å². The van der Waals surface area contributed by atoms with E-state index in [0.717, 1.165) is 15.6 Å². The molecule has 2 rings (SSSR count). The van der Waals surface area contributed by atoms with Gasteiger partial charge in [-0.2, -0.15) is 0 Å². The number of nitrogens with one attached hydrogen (secondary N) is 1. The number of anilines is 2. The van der Waals surface area contributed by atoms with Crippen molar-refractivity contribution in [2.24, 2.45) is 0 Å². The molecular formula is C14H18N4O2S. The highest BCUT2D eigenvalue weighted by molar-refractivity contribution is 7.89. The van der Waals surface area contributed by atoms with Crippen molar-refractivity contribution in [2.75, 3.05) is 25.1 Å². The molecule has 0 saturated heterocycles. The van der Waals surface area contributed by atoms with Crippen LogP contribution in [0.2, 0.25) is 0 Å². The molecule has 1 aromatic heterocycles. The van der Waals surface area contributed by atoms with Gasteiger partial charge in [-0.15, -0.1) is 0 Å². The van der Waals surface area contributed by atoms with Gasteiger partial charge in [0.1, 0.15) is 10.7 Å². The Morgan fingerprint density at radius 1 is 1.14 bits per heavy atom. The third-order valence-corrected chi connectivity index (χ3v) is 4.77. The molecule has 112 valence electrons. The molecule has 0 radical (unpaired) electrons. The van der Waals surface area contributed by atoms with Crippen LogP contribution >= 0.6 is 0 Å². The van der Waals surface area contributed by atoms with Crippen LogP contribution < -0.4 is 11.1 Å². The van der Waals surface area contributed by atoms with Crippen LogP contribution in [0.3, 0.4) is 0 Å². The zero-order valence-electron chi connectivity index (χ0n) is 11.9. The van der Waals surface area contributed by atoms with Crippen molar-refractivity contribution in [2.45, 2.75) is 11.4 Å². The van der Waals surface area contributed by atoms with Crippen LogP contribution in [0.4, 0.5) is 11.5 Å². The summed E-state index contributed by atoms with van der Waals surface area (Å²) in [5.74, 6) is 0.615. The van der Waals surface area contributed by atoms with E-state index in [2.05, 4.69) is 10.3 Å². The van der Waals surface area contributed by atoms with Crippen molar-refractivity contribution in [1.29, 1.82) is 0 Å². The standard InChI is InChI=1S/C14H18N4O2S/c1-18(2)21(19,20)13-7-8-14(17-10-13)16-9-11-3-5-12(15)6-4-11/h3-8,10H,9,15H2,1-2H3,(H,16,17). The summed E-state index contributed by atoms with van der Waals surface area (Å²) in [6, 6.07) is 10.7. The summed E-state index contributed by atoms with van der Waals surface area (Å²) in [6.45, 7) is 0.590. The molecule has 0 spiro atoms. The summed E-state index contributed by atoms with van der Waals surface area (Å²) in [7, 11) is -0.459. The Kier molecular flexibility index (Phi) is 4.44. The summed E-state index contributed by atoms with van der Waals surface area (Å²) in [5.41, 5.74) is 7.41. The molecule has 0 aliphatic carbocycles. The Bertz CT molecular complexity index is 695. The van der Waals surface area contributed by atoms with Crippen molar-refractivity contribution in [3.63, 3.8) is 0 Å². The number of nitrogen functional groups attached to an aromatic ring is 1. The van der Waals surface area contributed by atoms with Crippen LogP contribution in [-0.2, 0) is 16.6 Å². The van der Waals surface area contributed by atoms with Crippen LogP contribution in [0.15, 0.2) is 47.5 Å². The second-order valence-corrected chi connectivity index (χ2v) is 6.91. The molecule has 0 bridgehead atoms. The van der Waals surface area contributed by atoms with Crippen molar-refractivity contribution >= 4 is 21.5 Å². The summed E-state index contributed by atoms with van der Waals surface area (Å²) >= 11 is 0. The highest BCUT2D eigenvalue weighted by Gasteiger charge is 2.17. The molecule has 7 heteroatoms. The van der Waals surface area contributed by atoms with Gasteiger partial charge < -0.3 is 11.1 Å². The molecule has 0 atom stereocenters. The molecule has 0 aliphatic heterocycles. The average Bonchev–Trinajstić information content (AvgIpc) is 2.47. The summed E-state index contributed by atoms with van der Waals surface area (Å²) in [5, 5.41) is 3.13. The fraction of sp³-hybridized carbons (Fsp3) is 0.214. The molecule has 0 aliphatic rings. The van der Waals surface area contributed by atoms with E-state index in [0.29, 0.717) is 12.4 Å². The highest BCUT2D eigenvalue weighted by atomic mass is 32.2. The topological polar surface area (TPSA) is 88.3 Å². The molecule has 0 unspecified atom stereocenters. The van der Waals surface area contributed by atoms with E-state index in [9.17, 15) is 8.42 Å². The van der Waals surface area contributed by atoms with Gasteiger partial charge in [0.25, 0.3) is 0 Å². The lowest BCUT2D eigenvalue weighted by Gasteiger charge is -2.11. The van der Waals surface area contributed by atoms with Crippen LogP contribution in [-0.4, -0.2) is 31.8 Å². The predicted molar refractivity (Wildman–Crippen MR) is 83.3 cm³/mol. The summed E-state index contributed by atoms with van der Waals surface area (Å²) in [4.78, 5) is 4.29. The van der Waals surface area contributed by atoms with Crippen LogP contribution in [0, 0.1) is 0 Å². The van der Waals surface area contributed by atoms with Gasteiger partial charge in [0.2, 0.25) is 10.0 Å². The Morgan fingerprint density at radius 3 is 2.33 bits per heavy atom. The maximum absolute atomic E-state index is 11.9. The normalized spacial score (nSPS) is 11.6. The number of hydrogen-bond donors (Lipinski definition) is 2. The van der Waals surface area contributed by atoms with E-state index in [1.165, 1.54) is 26.4 Å². The average molecular weight is 306 g/mol. The lowest BCUT2D eigenvalue weighted by Crippen LogP contribution is -2.22. The van der Waals surface area contributed by atoms with Gasteiger partial charge in [0, 0.05) is 32.5 Å². The second-order valence-electron chi connectivity index (χ2n) is 4.76. The van der Waals surface area contributed by atoms with Crippen molar-refractivity contribution in [3.8, 4) is 0 Å². The minimum Gasteiger partial charge on any atom is -0.399 e. The molecule has 6 nitrogen and oxygen atoms in total. The van der Waals surface area contributed by atoms with Crippen molar-refractivity contribution in [1.82, 2.24) is 9.29 Å². The van der Waals surface area contributed by atoms with Gasteiger partial charge in [0.05, 0.1) is 0 Å². The molecule has 21 heavy (non-hydrogen) atoms. The summed E-state index contributed by atoms with van der Waals surface area (Å²) in [6.07, 6.45) is 1.35. The number of hydrogen-bond acceptors (Lipinski definition) is 5. The number of sulfonamides is 1. The van der Waals surface area contributed by atoms with E-state index >= 15 is 0 Å². The first kappa shape index (κ1) is 15.3. The monoisotopic (exact) mass is 306 g/mol. The van der Waals surface area contributed by atoms with E-state index in [-0.39, 0.29) is 4.90 Å². The van der Waals surface area contributed by atoms with Gasteiger partial charge in [-0.3, -0.25) is 0 Å². The van der Waals surface area contributed by atoms with Crippen molar-refractivity contribution < 1.29 is 8.42 Å². The SMILES string of the molecule is CN(C)S(=O)(=O)c1ccc(NCc2ccc(N)cc2)nc1. The molecule has 0 fully saturated rings. The number of pyridine rings is 1. The van der Waals surface area contributed by atoms with E-state index < -0.39 is 10.0 Å². The Morgan fingerprint density at radius 2 is 1.81 bits per heavy atom. The molecule has 0 amide bonds. The first-order valence-electron chi connectivity index (χ1n) is 6.36. The molecule has 2 aromatic rings. The predicted octanol–water partition coefficient (Wildman–Crippen LogP) is 1.53. The Labute approximate surface area is 124 Å². The molecule has 0 saturated carbocycles. The fourth-order valence-corrected chi connectivity index (χ4v) is 2.52. The maximum atomic E-state index is 11.9. The molecule has 1 heterocycles. The van der Waals surface area contributed by atoms with Crippen LogP contribution in [0.5, 0.6) is 0 Å². The first-order valence-corrected chi connectivity index (χ1v) is 7.80. The minimum atomic E-state index is -3.44. The van der Waals surface area contributed by atoms with Gasteiger partial charge in [-0.05, 0) is 29.8 Å². The number of benzene rings is 1. The number of nitrogens with zero attached hydrogens (tertiary/aromatic N) is 2. The Balaban J connectivity index is 2.05. The largest absolute Gasteiger partial charge is 0.399 e. The fourth-order valence-electron chi connectivity index (χ4n) is 1.68. The van der Waals surface area contributed by atoms with E-state index in [1.54, 1.807) is 6.07 Å². The lowest BCUT2D eigenvalue weighted by molar-refractivity contribution is 0.520. The van der Waals surface area contributed by atoms with E-state index in [1.807, 2.05) is 24.3 Å². The van der Waals surface area contributed by atoms with Gasteiger partial charge in [-0.25, -0.2) is 17.7 Å². The minimum absolute atomic E-state index is 0.172. The summed E-state index contributed by atoms with van der Waals surface area (Å²) < 4.78 is 25.0. The van der Waals surface area contributed by atoms with Gasteiger partial charge in [0.15, 0.2) is 0 Å². The number of rotatable bonds is 5. The van der Waals surface area contributed by atoms with Gasteiger partial charge in [-0.1, -0.05) is 12.1 Å². The first-order chi connectivity index (χ1) is 9.89. The second kappa shape index (κ2) is 6.11.